The van der Waals surface area contributed by atoms with E-state index in [9.17, 15) is 18.4 Å². The van der Waals surface area contributed by atoms with Crippen molar-refractivity contribution in [1.29, 1.82) is 0 Å². The van der Waals surface area contributed by atoms with Gasteiger partial charge in [0, 0.05) is 29.1 Å². The molecule has 1 heterocycles. The van der Waals surface area contributed by atoms with Crippen LogP contribution < -0.4 is 10.6 Å². The fourth-order valence-corrected chi connectivity index (χ4v) is 4.68. The van der Waals surface area contributed by atoms with Gasteiger partial charge in [0.2, 0.25) is 0 Å². The molecular weight excluding hydrogens is 524 g/mol. The van der Waals surface area contributed by atoms with Crippen molar-refractivity contribution >= 4 is 22.9 Å². The normalized spacial score (nSPS) is 13.0. The Morgan fingerprint density at radius 1 is 0.854 bits per heavy atom. The van der Waals surface area contributed by atoms with Crippen LogP contribution in [0.4, 0.5) is 13.6 Å². The van der Waals surface area contributed by atoms with E-state index in [4.69, 9.17) is 4.74 Å². The molecule has 0 saturated carbocycles. The number of hydrogen-bond donors (Lipinski definition) is 3. The number of nitrogens with one attached hydrogen (secondary N) is 3. The van der Waals surface area contributed by atoms with Gasteiger partial charge in [0.15, 0.2) is 0 Å². The molecule has 2 atom stereocenters. The molecule has 6 nitrogen and oxygen atoms in total. The minimum atomic E-state index is -0.556. The van der Waals surface area contributed by atoms with E-state index >= 15 is 0 Å². The largest absolute Gasteiger partial charge is 0.444 e. The first-order chi connectivity index (χ1) is 19.4. The molecule has 3 N–H and O–H groups in total. The first kappa shape index (κ1) is 29.8. The van der Waals surface area contributed by atoms with Gasteiger partial charge in [0.05, 0.1) is 0 Å². The summed E-state index contributed by atoms with van der Waals surface area (Å²) in [5, 5.41) is 6.70. The number of hydrogen-bond acceptors (Lipinski definition) is 3. The standard InChI is InChI=1S/C33H37F2N3O3/c1-20(6-7-21(2)37-32(40)41-33(3,4)5)19-36-31(39)30-29(23-10-15-26(35)16-11-23)27-17-12-24(18-28(27)38-30)22-8-13-25(34)14-9-22/h8-18,20-21,38H,6-7,19H2,1-5H3,(H,36,39)(H,37,40)/t20-,21?/m0/s1. The molecule has 8 heteroatoms. The van der Waals surface area contributed by atoms with E-state index in [1.807, 2.05) is 52.8 Å². The van der Waals surface area contributed by atoms with Crippen LogP contribution >= 0.6 is 0 Å². The molecule has 0 spiro atoms. The predicted molar refractivity (Wildman–Crippen MR) is 159 cm³/mol. The van der Waals surface area contributed by atoms with Crippen LogP contribution in [0.2, 0.25) is 0 Å². The van der Waals surface area contributed by atoms with Crippen LogP contribution in [0, 0.1) is 17.6 Å². The summed E-state index contributed by atoms with van der Waals surface area (Å²) < 4.78 is 32.5. The second kappa shape index (κ2) is 12.5. The number of H-pyrrole nitrogens is 1. The maximum absolute atomic E-state index is 13.7. The van der Waals surface area contributed by atoms with E-state index in [0.29, 0.717) is 23.4 Å². The number of aromatic amines is 1. The lowest BCUT2D eigenvalue weighted by Crippen LogP contribution is -2.38. The van der Waals surface area contributed by atoms with Crippen molar-refractivity contribution in [3.63, 3.8) is 0 Å². The highest BCUT2D eigenvalue weighted by Crippen LogP contribution is 2.35. The van der Waals surface area contributed by atoms with Crippen LogP contribution in [0.25, 0.3) is 33.2 Å². The quantitative estimate of drug-likeness (QED) is 0.195. The minimum Gasteiger partial charge on any atom is -0.444 e. The predicted octanol–water partition coefficient (Wildman–Crippen LogP) is 7.84. The molecule has 41 heavy (non-hydrogen) atoms. The van der Waals surface area contributed by atoms with Gasteiger partial charge in [-0.25, -0.2) is 13.6 Å². The van der Waals surface area contributed by atoms with Gasteiger partial charge in [-0.1, -0.05) is 43.3 Å². The van der Waals surface area contributed by atoms with Crippen molar-refractivity contribution in [1.82, 2.24) is 15.6 Å². The van der Waals surface area contributed by atoms with Crippen molar-refractivity contribution in [2.45, 2.75) is 59.1 Å². The summed E-state index contributed by atoms with van der Waals surface area (Å²) in [5.41, 5.74) is 3.69. The first-order valence-corrected chi connectivity index (χ1v) is 13.8. The van der Waals surface area contributed by atoms with Gasteiger partial charge >= 0.3 is 6.09 Å². The molecule has 1 unspecified atom stereocenters. The Labute approximate surface area is 239 Å². The van der Waals surface area contributed by atoms with E-state index in [1.165, 1.54) is 24.3 Å². The topological polar surface area (TPSA) is 83.2 Å². The van der Waals surface area contributed by atoms with Crippen molar-refractivity contribution in [3.8, 4) is 22.3 Å². The molecule has 0 aliphatic rings. The molecule has 3 aromatic carbocycles. The van der Waals surface area contributed by atoms with Gasteiger partial charge in [0.1, 0.15) is 22.9 Å². The molecular formula is C33H37F2N3O3. The number of ether oxygens (including phenoxy) is 1. The van der Waals surface area contributed by atoms with Gasteiger partial charge < -0.3 is 20.4 Å². The number of carbonyl (C=O) groups excluding carboxylic acids is 2. The summed E-state index contributed by atoms with van der Waals surface area (Å²) in [6.07, 6.45) is 1.08. The third-order valence-corrected chi connectivity index (χ3v) is 6.80. The number of alkyl carbamates (subject to hydrolysis) is 1. The molecule has 1 aromatic heterocycles. The van der Waals surface area contributed by atoms with Crippen LogP contribution in [0.3, 0.4) is 0 Å². The van der Waals surface area contributed by atoms with Gasteiger partial charge in [0.25, 0.3) is 5.91 Å². The fourth-order valence-electron chi connectivity index (χ4n) is 4.68. The van der Waals surface area contributed by atoms with E-state index in [2.05, 4.69) is 15.6 Å². The van der Waals surface area contributed by atoms with Crippen molar-refractivity contribution < 1.29 is 23.1 Å². The Balaban J connectivity index is 1.49. The Bertz CT molecular complexity index is 1510. The van der Waals surface area contributed by atoms with Crippen LogP contribution in [0.15, 0.2) is 66.7 Å². The lowest BCUT2D eigenvalue weighted by Gasteiger charge is -2.22. The lowest BCUT2D eigenvalue weighted by atomic mass is 9.98. The maximum Gasteiger partial charge on any atom is 0.407 e. The maximum atomic E-state index is 13.7. The Morgan fingerprint density at radius 3 is 2.05 bits per heavy atom. The molecule has 216 valence electrons. The Morgan fingerprint density at radius 2 is 1.44 bits per heavy atom. The molecule has 4 aromatic rings. The van der Waals surface area contributed by atoms with E-state index in [-0.39, 0.29) is 29.5 Å². The van der Waals surface area contributed by atoms with E-state index < -0.39 is 11.7 Å². The molecule has 0 aliphatic carbocycles. The fraction of sp³-hybridized carbons (Fsp3) is 0.333. The summed E-state index contributed by atoms with van der Waals surface area (Å²) in [6.45, 7) is 9.87. The van der Waals surface area contributed by atoms with Crippen LogP contribution in [0.5, 0.6) is 0 Å². The highest BCUT2D eigenvalue weighted by Gasteiger charge is 2.21. The highest BCUT2D eigenvalue weighted by atomic mass is 19.1. The lowest BCUT2D eigenvalue weighted by molar-refractivity contribution is 0.0505. The number of carbonyl (C=O) groups is 2. The van der Waals surface area contributed by atoms with Crippen LogP contribution in [-0.2, 0) is 4.74 Å². The molecule has 0 saturated heterocycles. The highest BCUT2D eigenvalue weighted by molar-refractivity contribution is 6.10. The number of amides is 2. The van der Waals surface area contributed by atoms with Crippen molar-refractivity contribution in [3.05, 3.63) is 84.1 Å². The summed E-state index contributed by atoms with van der Waals surface area (Å²) in [4.78, 5) is 28.7. The second-order valence-electron chi connectivity index (χ2n) is 11.6. The van der Waals surface area contributed by atoms with Gasteiger partial charge in [-0.05, 0) is 93.5 Å². The average Bonchev–Trinajstić information content (AvgIpc) is 3.29. The SMILES string of the molecule is CC(CC[C@H](C)CNC(=O)c1[nH]c2cc(-c3ccc(F)cc3)ccc2c1-c1ccc(F)cc1)NC(=O)OC(C)(C)C. The minimum absolute atomic E-state index is 0.0721. The van der Waals surface area contributed by atoms with Gasteiger partial charge in [-0.2, -0.15) is 0 Å². The summed E-state index contributed by atoms with van der Waals surface area (Å²) in [6, 6.07) is 18.0. The Hall–Kier alpha value is -4.20. The van der Waals surface area contributed by atoms with Crippen molar-refractivity contribution in [2.24, 2.45) is 5.92 Å². The number of aromatic nitrogens is 1. The molecule has 0 aliphatic heterocycles. The van der Waals surface area contributed by atoms with E-state index in [1.54, 1.807) is 24.3 Å². The van der Waals surface area contributed by atoms with Gasteiger partial charge in [-0.3, -0.25) is 4.79 Å². The van der Waals surface area contributed by atoms with Crippen LogP contribution in [0.1, 0.15) is 57.9 Å². The third kappa shape index (κ3) is 7.93. The van der Waals surface area contributed by atoms with Crippen LogP contribution in [-0.4, -0.2) is 35.2 Å². The zero-order chi connectivity index (χ0) is 29.7. The summed E-state index contributed by atoms with van der Waals surface area (Å²) >= 11 is 0. The summed E-state index contributed by atoms with van der Waals surface area (Å²) in [5.74, 6) is -0.779. The number of benzene rings is 3. The molecule has 2 amide bonds. The molecule has 0 fully saturated rings. The number of rotatable bonds is 9. The molecule has 4 rings (SSSR count). The monoisotopic (exact) mass is 561 g/mol. The average molecular weight is 562 g/mol. The first-order valence-electron chi connectivity index (χ1n) is 13.8. The Kier molecular flexibility index (Phi) is 9.11. The van der Waals surface area contributed by atoms with E-state index in [0.717, 1.165) is 34.9 Å². The molecule has 0 bridgehead atoms. The zero-order valence-corrected chi connectivity index (χ0v) is 24.1. The smallest absolute Gasteiger partial charge is 0.407 e. The summed E-state index contributed by atoms with van der Waals surface area (Å²) in [7, 11) is 0. The third-order valence-electron chi connectivity index (χ3n) is 6.80. The van der Waals surface area contributed by atoms with Gasteiger partial charge in [-0.15, -0.1) is 0 Å². The number of fused-ring (bicyclic) bond motifs is 1. The zero-order valence-electron chi connectivity index (χ0n) is 24.1. The van der Waals surface area contributed by atoms with Crippen molar-refractivity contribution in [2.75, 3.05) is 6.54 Å². The number of halogens is 2. The molecule has 0 radical (unpaired) electrons. The second-order valence-corrected chi connectivity index (χ2v) is 11.6.